The molecule has 0 aliphatic carbocycles. The molecule has 0 spiro atoms. The van der Waals surface area contributed by atoms with Crippen molar-refractivity contribution < 1.29 is 15.0 Å². The molecule has 0 aliphatic heterocycles. The number of amides is 1. The maximum atomic E-state index is 12.3. The number of rotatable bonds is 39. The normalized spacial score (nSPS) is 14.2. The molecule has 0 radical (unpaired) electrons. The van der Waals surface area contributed by atoms with E-state index in [2.05, 4.69) is 141 Å². The molecule has 0 aromatic carbocycles. The molecule has 0 saturated carbocycles. The molecule has 0 saturated heterocycles. The van der Waals surface area contributed by atoms with Gasteiger partial charge < -0.3 is 15.5 Å². The van der Waals surface area contributed by atoms with E-state index >= 15 is 0 Å². The smallest absolute Gasteiger partial charge is 0.220 e. The Balaban J connectivity index is 3.63. The van der Waals surface area contributed by atoms with Crippen LogP contribution in [0.1, 0.15) is 174 Å². The van der Waals surface area contributed by atoms with Crippen molar-refractivity contribution in [2.45, 2.75) is 187 Å². The number of unbranched alkanes of at least 4 members (excludes halogenated alkanes) is 12. The molecule has 0 rings (SSSR count). The molecule has 2 atom stereocenters. The third kappa shape index (κ3) is 43.5. The Morgan fingerprint density at radius 3 is 1.23 bits per heavy atom. The molecular formula is C53H85NO3. The van der Waals surface area contributed by atoms with Crippen molar-refractivity contribution >= 4 is 5.91 Å². The fraction of sp³-hybridized carbons (Fsp3) is 0.566. The van der Waals surface area contributed by atoms with Gasteiger partial charge in [0.1, 0.15) is 0 Å². The summed E-state index contributed by atoms with van der Waals surface area (Å²) in [6.07, 6.45) is 74.4. The van der Waals surface area contributed by atoms with E-state index in [1.54, 1.807) is 6.08 Å². The van der Waals surface area contributed by atoms with Crippen molar-refractivity contribution in [2.24, 2.45) is 0 Å². The third-order valence-corrected chi connectivity index (χ3v) is 9.37. The monoisotopic (exact) mass is 784 g/mol. The van der Waals surface area contributed by atoms with Gasteiger partial charge in [-0.15, -0.1) is 0 Å². The second kappa shape index (κ2) is 46.9. The van der Waals surface area contributed by atoms with E-state index in [1.165, 1.54) is 57.8 Å². The minimum Gasteiger partial charge on any atom is -0.394 e. The van der Waals surface area contributed by atoms with Gasteiger partial charge in [-0.25, -0.2) is 0 Å². The molecule has 0 aromatic heterocycles. The van der Waals surface area contributed by atoms with Crippen LogP contribution in [0.4, 0.5) is 0 Å². The van der Waals surface area contributed by atoms with Crippen LogP contribution in [-0.2, 0) is 4.79 Å². The lowest BCUT2D eigenvalue weighted by Gasteiger charge is -2.19. The van der Waals surface area contributed by atoms with Gasteiger partial charge >= 0.3 is 0 Å². The number of carbonyl (C=O) groups excluding carboxylic acids is 1. The van der Waals surface area contributed by atoms with Crippen LogP contribution in [0.5, 0.6) is 0 Å². The summed E-state index contributed by atoms with van der Waals surface area (Å²) in [5.41, 5.74) is 0. The second-order valence-electron chi connectivity index (χ2n) is 14.7. The molecule has 4 heteroatoms. The highest BCUT2D eigenvalue weighted by atomic mass is 16.3. The predicted molar refractivity (Wildman–Crippen MR) is 252 cm³/mol. The van der Waals surface area contributed by atoms with Crippen molar-refractivity contribution in [3.8, 4) is 0 Å². The van der Waals surface area contributed by atoms with Crippen LogP contribution < -0.4 is 5.32 Å². The summed E-state index contributed by atoms with van der Waals surface area (Å²) in [6, 6.07) is -0.648. The van der Waals surface area contributed by atoms with Gasteiger partial charge in [-0.05, 0) is 96.3 Å². The van der Waals surface area contributed by atoms with Crippen LogP contribution in [0.3, 0.4) is 0 Å². The summed E-state index contributed by atoms with van der Waals surface area (Å²) in [5, 5.41) is 22.8. The highest BCUT2D eigenvalue weighted by molar-refractivity contribution is 5.76. The van der Waals surface area contributed by atoms with Crippen molar-refractivity contribution in [3.63, 3.8) is 0 Å². The number of nitrogens with one attached hydrogen (secondary N) is 1. The standard InChI is InChI=1S/C53H85NO3/c1-3-5-7-9-11-13-14-15-16-17-18-19-20-21-22-23-24-25-26-27-28-29-30-31-32-33-34-35-36-37-38-39-40-41-43-45-47-49-53(57)54-51(50-55)52(56)48-46-44-42-12-10-8-6-4-2/h5,7,10-13,15-16,18-19,21-22,24-25,27-28,30-31,33-34,46,48,51-52,55-56H,3-4,6,8-9,14,17,20,23,26,29,32,35-45,47,49-50H2,1-2H3,(H,54,57)/b7-5-,12-10+,13-11-,16-15-,19-18-,22-21-,25-24-,28-27-,31-30-,34-33-,48-46+. The molecule has 320 valence electrons. The van der Waals surface area contributed by atoms with Gasteiger partial charge in [-0.3, -0.25) is 4.79 Å². The molecule has 0 bridgehead atoms. The SMILES string of the molecule is CC/C=C\C/C=C\C/C=C\C/C=C\C/C=C\C/C=C\C/C=C\C/C=C\C/C=C\CCCCCCCCCCCC(=O)NC(CO)C(O)/C=C/CC/C=C/CCCC. The minimum absolute atomic E-state index is 0.0917. The molecule has 57 heavy (non-hydrogen) atoms. The molecule has 3 N–H and O–H groups in total. The Hall–Kier alpha value is -3.47. The first-order valence-corrected chi connectivity index (χ1v) is 22.9. The van der Waals surface area contributed by atoms with Gasteiger partial charge in [0.15, 0.2) is 0 Å². The molecule has 0 aromatic rings. The third-order valence-electron chi connectivity index (χ3n) is 9.37. The van der Waals surface area contributed by atoms with Crippen molar-refractivity contribution in [2.75, 3.05) is 6.61 Å². The van der Waals surface area contributed by atoms with Gasteiger partial charge in [0.05, 0.1) is 18.8 Å². The highest BCUT2D eigenvalue weighted by Gasteiger charge is 2.17. The lowest BCUT2D eigenvalue weighted by molar-refractivity contribution is -0.123. The average molecular weight is 784 g/mol. The summed E-state index contributed by atoms with van der Waals surface area (Å²) >= 11 is 0. The number of allylic oxidation sites excluding steroid dienone is 21. The van der Waals surface area contributed by atoms with E-state index in [0.29, 0.717) is 6.42 Å². The number of aliphatic hydroxyl groups excluding tert-OH is 2. The first kappa shape index (κ1) is 53.5. The van der Waals surface area contributed by atoms with Crippen LogP contribution in [0, 0.1) is 0 Å². The maximum absolute atomic E-state index is 12.3. The summed E-state index contributed by atoms with van der Waals surface area (Å²) in [6.45, 7) is 4.08. The quantitative estimate of drug-likeness (QED) is 0.0429. The van der Waals surface area contributed by atoms with Gasteiger partial charge in [0.25, 0.3) is 0 Å². The summed E-state index contributed by atoms with van der Waals surface area (Å²) < 4.78 is 0. The molecule has 0 heterocycles. The molecule has 1 amide bonds. The van der Waals surface area contributed by atoms with Gasteiger partial charge in [-0.2, -0.15) is 0 Å². The molecule has 0 fully saturated rings. The first-order valence-electron chi connectivity index (χ1n) is 22.9. The van der Waals surface area contributed by atoms with Crippen molar-refractivity contribution in [1.82, 2.24) is 5.32 Å². The van der Waals surface area contributed by atoms with Gasteiger partial charge in [-0.1, -0.05) is 205 Å². The van der Waals surface area contributed by atoms with E-state index in [4.69, 9.17) is 0 Å². The van der Waals surface area contributed by atoms with Gasteiger partial charge in [0, 0.05) is 6.42 Å². The number of hydrogen-bond acceptors (Lipinski definition) is 3. The lowest BCUT2D eigenvalue weighted by atomic mass is 10.1. The van der Waals surface area contributed by atoms with E-state index < -0.39 is 12.1 Å². The predicted octanol–water partition coefficient (Wildman–Crippen LogP) is 14.7. The van der Waals surface area contributed by atoms with Crippen LogP contribution >= 0.6 is 0 Å². The Morgan fingerprint density at radius 1 is 0.439 bits per heavy atom. The van der Waals surface area contributed by atoms with Crippen LogP contribution in [0.25, 0.3) is 0 Å². The van der Waals surface area contributed by atoms with Crippen LogP contribution in [0.15, 0.2) is 134 Å². The Bertz CT molecular complexity index is 1210. The van der Waals surface area contributed by atoms with E-state index in [9.17, 15) is 15.0 Å². The summed E-state index contributed by atoms with van der Waals surface area (Å²) in [4.78, 5) is 12.3. The fourth-order valence-corrected chi connectivity index (χ4v) is 5.88. The zero-order valence-corrected chi connectivity index (χ0v) is 36.5. The topological polar surface area (TPSA) is 69.6 Å². The number of carbonyl (C=O) groups is 1. The summed E-state index contributed by atoms with van der Waals surface area (Å²) in [7, 11) is 0. The highest BCUT2D eigenvalue weighted by Crippen LogP contribution is 2.12. The molecule has 0 aliphatic rings. The van der Waals surface area contributed by atoms with Crippen LogP contribution in [-0.4, -0.2) is 34.9 Å². The molecule has 2 unspecified atom stereocenters. The first-order chi connectivity index (χ1) is 28.2. The zero-order valence-electron chi connectivity index (χ0n) is 36.5. The second-order valence-corrected chi connectivity index (χ2v) is 14.7. The summed E-state index contributed by atoms with van der Waals surface area (Å²) in [5.74, 6) is -0.0917. The lowest BCUT2D eigenvalue weighted by Crippen LogP contribution is -2.45. The molecule has 4 nitrogen and oxygen atoms in total. The molecular weight excluding hydrogens is 699 g/mol. The Morgan fingerprint density at radius 2 is 0.789 bits per heavy atom. The van der Waals surface area contributed by atoms with Crippen LogP contribution in [0.2, 0.25) is 0 Å². The maximum Gasteiger partial charge on any atom is 0.220 e. The Labute approximate surface area is 351 Å². The fourth-order valence-electron chi connectivity index (χ4n) is 5.88. The van der Waals surface area contributed by atoms with E-state index in [0.717, 1.165) is 96.3 Å². The van der Waals surface area contributed by atoms with Gasteiger partial charge in [0.2, 0.25) is 5.91 Å². The van der Waals surface area contributed by atoms with E-state index in [-0.39, 0.29) is 12.5 Å². The van der Waals surface area contributed by atoms with E-state index in [1.807, 2.05) is 6.08 Å². The number of aliphatic hydroxyl groups is 2. The minimum atomic E-state index is -0.870. The van der Waals surface area contributed by atoms with Crippen molar-refractivity contribution in [3.05, 3.63) is 134 Å². The largest absolute Gasteiger partial charge is 0.394 e. The zero-order chi connectivity index (χ0) is 41.4. The number of hydrogen-bond donors (Lipinski definition) is 3. The van der Waals surface area contributed by atoms with Crippen molar-refractivity contribution in [1.29, 1.82) is 0 Å². The average Bonchev–Trinajstić information content (AvgIpc) is 3.22. The Kier molecular flexibility index (Phi) is 44.1.